The summed E-state index contributed by atoms with van der Waals surface area (Å²) in [6.45, 7) is -2.69. The van der Waals surface area contributed by atoms with Crippen LogP contribution in [0.25, 0.3) is 5.52 Å². The van der Waals surface area contributed by atoms with E-state index < -0.39 is 12.9 Å². The SMILES string of the molecule is [2H]C([2H])([2H])NC(=O)c1cnc(NC(=O)C2CC2)cc1Nc1cnn2ccc(Cl)c(OC)c12. The summed E-state index contributed by atoms with van der Waals surface area (Å²) in [5.74, 6) is -0.484. The zero-order valence-corrected chi connectivity index (χ0v) is 16.1. The van der Waals surface area contributed by atoms with E-state index >= 15 is 0 Å². The van der Waals surface area contributed by atoms with Gasteiger partial charge in [-0.25, -0.2) is 9.50 Å². The lowest BCUT2D eigenvalue weighted by Gasteiger charge is -2.13. The summed E-state index contributed by atoms with van der Waals surface area (Å²) in [6.07, 6.45) is 5.98. The summed E-state index contributed by atoms with van der Waals surface area (Å²) in [5, 5.41) is 12.3. The fourth-order valence-corrected chi connectivity index (χ4v) is 3.13. The maximum Gasteiger partial charge on any atom is 0.254 e. The van der Waals surface area contributed by atoms with Gasteiger partial charge in [0.15, 0.2) is 5.75 Å². The Labute approximate surface area is 175 Å². The van der Waals surface area contributed by atoms with Gasteiger partial charge in [0.2, 0.25) is 5.91 Å². The van der Waals surface area contributed by atoms with Crippen molar-refractivity contribution < 1.29 is 18.4 Å². The number of nitrogens with one attached hydrogen (secondary N) is 3. The lowest BCUT2D eigenvalue weighted by molar-refractivity contribution is -0.117. The molecule has 0 unspecified atom stereocenters. The number of fused-ring (bicyclic) bond motifs is 1. The lowest BCUT2D eigenvalue weighted by Crippen LogP contribution is -2.20. The highest BCUT2D eigenvalue weighted by molar-refractivity contribution is 6.32. The van der Waals surface area contributed by atoms with Crippen LogP contribution in [0.1, 0.15) is 27.3 Å². The number of carbonyl (C=O) groups excluding carboxylic acids is 2. The standard InChI is InChI=1S/C19H19ClN6O3/c1-21-19(28)11-8-22-15(25-18(27)10-3-4-10)7-13(11)24-14-9-23-26-6-5-12(20)17(29-2)16(14)26/h5-10H,3-4H2,1-2H3,(H,21,28)(H2,22,24,25,27)/i1D3. The number of amides is 2. The minimum Gasteiger partial charge on any atom is -0.493 e. The first-order valence-electron chi connectivity index (χ1n) is 10.3. The Kier molecular flexibility index (Phi) is 4.08. The molecule has 1 fully saturated rings. The summed E-state index contributed by atoms with van der Waals surface area (Å²) < 4.78 is 28.9. The van der Waals surface area contributed by atoms with Gasteiger partial charge < -0.3 is 20.7 Å². The first-order valence-corrected chi connectivity index (χ1v) is 9.14. The van der Waals surface area contributed by atoms with Crippen molar-refractivity contribution in [3.63, 3.8) is 0 Å². The maximum absolute atomic E-state index is 12.6. The van der Waals surface area contributed by atoms with Gasteiger partial charge in [0.1, 0.15) is 11.3 Å². The van der Waals surface area contributed by atoms with Crippen molar-refractivity contribution in [1.82, 2.24) is 19.9 Å². The average molecular weight is 418 g/mol. The van der Waals surface area contributed by atoms with Crippen molar-refractivity contribution in [1.29, 1.82) is 0 Å². The highest BCUT2D eigenvalue weighted by atomic mass is 35.5. The smallest absolute Gasteiger partial charge is 0.254 e. The van der Waals surface area contributed by atoms with Crippen LogP contribution in [0.2, 0.25) is 5.02 Å². The van der Waals surface area contributed by atoms with Gasteiger partial charge in [-0.15, -0.1) is 0 Å². The van der Waals surface area contributed by atoms with E-state index in [2.05, 4.69) is 20.7 Å². The number of hydrogen-bond acceptors (Lipinski definition) is 6. The number of halogens is 1. The average Bonchev–Trinajstić information content (AvgIpc) is 3.49. The first-order chi connectivity index (χ1) is 15.2. The van der Waals surface area contributed by atoms with Gasteiger partial charge in [0, 0.05) is 35.5 Å². The molecule has 1 aliphatic rings. The molecule has 150 valence electrons. The van der Waals surface area contributed by atoms with Crippen LogP contribution < -0.4 is 20.7 Å². The third-order valence-corrected chi connectivity index (χ3v) is 4.82. The number of aromatic nitrogens is 3. The molecule has 3 aromatic heterocycles. The number of nitrogens with zero attached hydrogens (tertiary/aromatic N) is 3. The van der Waals surface area contributed by atoms with Crippen LogP contribution in [0.5, 0.6) is 5.75 Å². The van der Waals surface area contributed by atoms with Crippen molar-refractivity contribution in [2.45, 2.75) is 12.8 Å². The quantitative estimate of drug-likeness (QED) is 0.569. The Morgan fingerprint density at radius 3 is 2.90 bits per heavy atom. The van der Waals surface area contributed by atoms with Crippen molar-refractivity contribution in [3.8, 4) is 5.75 Å². The number of methoxy groups -OCH3 is 1. The molecule has 9 nitrogen and oxygen atoms in total. The molecule has 2 amide bonds. The molecule has 29 heavy (non-hydrogen) atoms. The number of carbonyl (C=O) groups is 2. The Balaban J connectivity index is 1.74. The molecular formula is C19H19ClN6O3. The van der Waals surface area contributed by atoms with E-state index in [9.17, 15) is 9.59 Å². The normalized spacial score (nSPS) is 15.2. The zero-order valence-electron chi connectivity index (χ0n) is 18.3. The van der Waals surface area contributed by atoms with Crippen molar-refractivity contribution >= 4 is 46.1 Å². The molecule has 1 saturated carbocycles. The zero-order chi connectivity index (χ0) is 23.0. The largest absolute Gasteiger partial charge is 0.493 e. The van der Waals surface area contributed by atoms with Gasteiger partial charge in [-0.2, -0.15) is 5.10 Å². The van der Waals surface area contributed by atoms with Crippen LogP contribution in [0, 0.1) is 5.92 Å². The molecule has 0 bridgehead atoms. The van der Waals surface area contributed by atoms with Crippen LogP contribution >= 0.6 is 11.6 Å². The van der Waals surface area contributed by atoms with Gasteiger partial charge >= 0.3 is 0 Å². The molecule has 10 heteroatoms. The van der Waals surface area contributed by atoms with Crippen molar-refractivity contribution in [3.05, 3.63) is 41.3 Å². The van der Waals surface area contributed by atoms with E-state index in [1.54, 1.807) is 12.3 Å². The third-order valence-electron chi connectivity index (χ3n) is 4.52. The van der Waals surface area contributed by atoms with Crippen LogP contribution in [0.3, 0.4) is 0 Å². The summed E-state index contributed by atoms with van der Waals surface area (Å²) in [6, 6.07) is 3.08. The van der Waals surface area contributed by atoms with Crippen molar-refractivity contribution in [2.24, 2.45) is 5.92 Å². The Hall–Kier alpha value is -3.33. The van der Waals surface area contributed by atoms with E-state index in [0.717, 1.165) is 12.8 Å². The highest BCUT2D eigenvalue weighted by Gasteiger charge is 2.30. The van der Waals surface area contributed by atoms with E-state index in [1.165, 1.54) is 30.1 Å². The molecule has 3 heterocycles. The Morgan fingerprint density at radius 1 is 1.34 bits per heavy atom. The van der Waals surface area contributed by atoms with Crippen LogP contribution in [0.15, 0.2) is 30.7 Å². The van der Waals surface area contributed by atoms with Crippen LogP contribution in [-0.4, -0.2) is 40.5 Å². The van der Waals surface area contributed by atoms with Gasteiger partial charge in [0.05, 0.1) is 35.3 Å². The molecule has 0 saturated heterocycles. The molecule has 4 rings (SSSR count). The predicted octanol–water partition coefficient (Wildman–Crippen LogP) is 2.84. The molecular weight excluding hydrogens is 396 g/mol. The third kappa shape index (κ3) is 3.68. The highest BCUT2D eigenvalue weighted by Crippen LogP contribution is 2.36. The number of rotatable bonds is 6. The van der Waals surface area contributed by atoms with Crippen LogP contribution in [0.4, 0.5) is 17.2 Å². The molecule has 0 spiro atoms. The molecule has 0 aromatic carbocycles. The minimum atomic E-state index is -2.69. The van der Waals surface area contributed by atoms with Gasteiger partial charge in [-0.05, 0) is 18.9 Å². The molecule has 0 atom stereocenters. The second-order valence-electron chi connectivity index (χ2n) is 6.51. The Morgan fingerprint density at radius 2 is 2.17 bits per heavy atom. The van der Waals surface area contributed by atoms with E-state index in [4.69, 9.17) is 20.5 Å². The fourth-order valence-electron chi connectivity index (χ4n) is 2.91. The molecule has 1 aliphatic carbocycles. The maximum atomic E-state index is 12.6. The Bertz CT molecular complexity index is 1210. The molecule has 3 aromatic rings. The second kappa shape index (κ2) is 7.59. The van der Waals surface area contributed by atoms with Gasteiger partial charge in [0.25, 0.3) is 5.91 Å². The molecule has 3 N–H and O–H groups in total. The first kappa shape index (κ1) is 15.6. The second-order valence-corrected chi connectivity index (χ2v) is 6.91. The summed E-state index contributed by atoms with van der Waals surface area (Å²) in [4.78, 5) is 28.8. The number of anilines is 3. The number of hydrogen-bond donors (Lipinski definition) is 3. The predicted molar refractivity (Wildman–Crippen MR) is 109 cm³/mol. The lowest BCUT2D eigenvalue weighted by atomic mass is 10.2. The minimum absolute atomic E-state index is 0.0362. The van der Waals surface area contributed by atoms with Gasteiger partial charge in [-0.1, -0.05) is 11.6 Å². The van der Waals surface area contributed by atoms with E-state index in [1.807, 2.05) is 5.32 Å². The summed E-state index contributed by atoms with van der Waals surface area (Å²) in [5.41, 5.74) is 1.12. The molecule has 0 aliphatic heterocycles. The van der Waals surface area contributed by atoms with Gasteiger partial charge in [-0.3, -0.25) is 9.59 Å². The topological polar surface area (TPSA) is 110 Å². The number of ether oxygens (including phenoxy) is 1. The van der Waals surface area contributed by atoms with E-state index in [-0.39, 0.29) is 28.9 Å². The summed E-state index contributed by atoms with van der Waals surface area (Å²) in [7, 11) is 1.46. The summed E-state index contributed by atoms with van der Waals surface area (Å²) >= 11 is 6.23. The fraction of sp³-hybridized carbons (Fsp3) is 0.263. The van der Waals surface area contributed by atoms with Crippen LogP contribution in [-0.2, 0) is 4.79 Å². The monoisotopic (exact) mass is 417 g/mol. The van der Waals surface area contributed by atoms with E-state index in [0.29, 0.717) is 22.0 Å². The molecule has 0 radical (unpaired) electrons. The number of pyridine rings is 2. The van der Waals surface area contributed by atoms with Crippen molar-refractivity contribution in [2.75, 3.05) is 24.7 Å².